The number of ether oxygens (including phenoxy) is 8. The number of nitrogens with zero attached hydrogens (tertiary/aromatic N) is 22. The van der Waals surface area contributed by atoms with Crippen molar-refractivity contribution < 1.29 is 76.3 Å². The van der Waals surface area contributed by atoms with E-state index >= 15 is 0 Å². The van der Waals surface area contributed by atoms with Crippen molar-refractivity contribution in [2.24, 2.45) is 0 Å². The molecule has 102 heavy (non-hydrogen) atoms. The van der Waals surface area contributed by atoms with Gasteiger partial charge in [0.2, 0.25) is 22.8 Å². The first kappa shape index (κ1) is 79.6. The highest BCUT2D eigenvalue weighted by Gasteiger charge is 2.32. The standard InChI is InChI=1S/C56H72N22O16S8/c1-9-87-45(79)33-41(95-53-37(61-69-99-53)49(83)91-13-5)75(65-57-33)29-19-25-73(26-20-30-76-42(34(58-66-76)46(80)88-10-2)96-54-38(62-70-100-54)50(84)92-14-6)23-17-18-24-74(27-21-31-77-43(35(59-67-77)47(81)89-11-3)97-55-39(63-71-101-55)51(85)93-15-7)28-22-32-78-44(36(60-68-78)48(82)90-12-4)98-56-40(64-72-102-56)52(86)94-16-8/h9-32H2,1-8H3. The van der Waals surface area contributed by atoms with Gasteiger partial charge >= 0.3 is 47.8 Å². The molecule has 0 unspecified atom stereocenters. The molecule has 8 rings (SSSR count). The maximum absolute atomic E-state index is 13.3. The molecule has 0 N–H and O–H groups in total. The second-order valence-electron chi connectivity index (χ2n) is 20.5. The molecule has 46 heteroatoms. The van der Waals surface area contributed by atoms with Gasteiger partial charge in [-0.05, 0) is 179 Å². The summed E-state index contributed by atoms with van der Waals surface area (Å²) < 4.78 is 66.0. The Labute approximate surface area is 616 Å². The van der Waals surface area contributed by atoms with E-state index in [4.69, 9.17) is 37.9 Å². The Balaban J connectivity index is 1.05. The number of aryl methyl sites for hydroxylation is 4. The van der Waals surface area contributed by atoms with Gasteiger partial charge in [0.15, 0.2) is 22.8 Å². The van der Waals surface area contributed by atoms with Crippen molar-refractivity contribution in [3.63, 3.8) is 0 Å². The van der Waals surface area contributed by atoms with Gasteiger partial charge < -0.3 is 47.7 Å². The molecule has 8 heterocycles. The zero-order valence-corrected chi connectivity index (χ0v) is 63.1. The molecule has 8 aromatic rings. The molecule has 0 bridgehead atoms. The fourth-order valence-electron chi connectivity index (χ4n) is 9.28. The molecule has 0 amide bonds. The summed E-state index contributed by atoms with van der Waals surface area (Å²) in [4.78, 5) is 110. The quantitative estimate of drug-likeness (QED) is 0.0222. The summed E-state index contributed by atoms with van der Waals surface area (Å²) in [5.74, 6) is -5.56. The normalized spacial score (nSPS) is 11.4. The van der Waals surface area contributed by atoms with Gasteiger partial charge in [0.05, 0.1) is 52.9 Å². The van der Waals surface area contributed by atoms with Crippen LogP contribution in [0.4, 0.5) is 0 Å². The van der Waals surface area contributed by atoms with Gasteiger partial charge in [0, 0.05) is 26.2 Å². The second-order valence-corrected chi connectivity index (χ2v) is 28.5. The summed E-state index contributed by atoms with van der Waals surface area (Å²) in [5.41, 5.74) is -0.310. The second kappa shape index (κ2) is 41.2. The lowest BCUT2D eigenvalue weighted by Crippen LogP contribution is -2.31. The molecular formula is C56H72N22O16S8. The Morgan fingerprint density at radius 1 is 0.284 bits per heavy atom. The lowest BCUT2D eigenvalue weighted by atomic mass is 10.2. The van der Waals surface area contributed by atoms with E-state index in [9.17, 15) is 38.4 Å². The van der Waals surface area contributed by atoms with Crippen LogP contribution < -0.4 is 0 Å². The van der Waals surface area contributed by atoms with Crippen molar-refractivity contribution >= 4 is 141 Å². The van der Waals surface area contributed by atoms with E-state index in [0.29, 0.717) is 115 Å². The summed E-state index contributed by atoms with van der Waals surface area (Å²) in [5, 5.41) is 51.5. The summed E-state index contributed by atoms with van der Waals surface area (Å²) in [6.45, 7) is 18.3. The summed E-state index contributed by atoms with van der Waals surface area (Å²) in [7, 11) is 0. The first-order valence-electron chi connectivity index (χ1n) is 32.2. The zero-order chi connectivity index (χ0) is 72.9. The Morgan fingerprint density at radius 3 is 0.667 bits per heavy atom. The Bertz CT molecular complexity index is 3590. The summed E-state index contributed by atoms with van der Waals surface area (Å²) >= 11 is 8.00. The van der Waals surface area contributed by atoms with Crippen molar-refractivity contribution in [2.45, 2.75) is 157 Å². The monoisotopic (exact) mass is 1560 g/mol. The van der Waals surface area contributed by atoms with Gasteiger partial charge in [-0.3, -0.25) is 0 Å². The molecule has 0 atom stereocenters. The maximum atomic E-state index is 13.3. The number of carbonyl (C=O) groups excluding carboxylic acids is 8. The number of hydrogen-bond acceptors (Lipinski definition) is 42. The van der Waals surface area contributed by atoms with E-state index in [2.05, 4.69) is 89.4 Å². The fraction of sp³-hybridized carbons (Fsp3) is 0.571. The third-order valence-corrected chi connectivity index (χ3v) is 21.6. The topological polar surface area (TPSA) is 443 Å². The Morgan fingerprint density at radius 2 is 0.471 bits per heavy atom. The number of carbonyl (C=O) groups is 8. The first-order valence-corrected chi connectivity index (χ1v) is 38.5. The number of hydrogen-bond donors (Lipinski definition) is 0. The lowest BCUT2D eigenvalue weighted by molar-refractivity contribution is 0.0504. The van der Waals surface area contributed by atoms with Crippen molar-refractivity contribution in [1.82, 2.24) is 108 Å². The number of esters is 8. The molecule has 0 aliphatic carbocycles. The molecule has 38 nitrogen and oxygen atoms in total. The summed E-state index contributed by atoms with van der Waals surface area (Å²) in [6, 6.07) is 0. The van der Waals surface area contributed by atoms with Gasteiger partial charge in [-0.15, -0.1) is 40.8 Å². The van der Waals surface area contributed by atoms with Crippen LogP contribution in [0.15, 0.2) is 36.9 Å². The highest BCUT2D eigenvalue weighted by atomic mass is 32.2. The maximum Gasteiger partial charge on any atom is 0.361 e. The molecule has 0 aliphatic heterocycles. The average molecular weight is 1570 g/mol. The molecular weight excluding hydrogens is 1490 g/mol. The van der Waals surface area contributed by atoms with Gasteiger partial charge in [-0.1, -0.05) is 85.9 Å². The Kier molecular flexibility index (Phi) is 32.2. The van der Waals surface area contributed by atoms with Crippen molar-refractivity contribution in [2.75, 3.05) is 92.1 Å². The number of aromatic nitrogens is 20. The first-order chi connectivity index (χ1) is 49.6. The molecule has 0 radical (unpaired) electrons. The van der Waals surface area contributed by atoms with Gasteiger partial charge in [0.1, 0.15) is 36.9 Å². The van der Waals surface area contributed by atoms with E-state index in [1.54, 1.807) is 74.1 Å². The molecule has 0 aromatic carbocycles. The summed E-state index contributed by atoms with van der Waals surface area (Å²) in [6.07, 6.45) is 3.28. The molecule has 0 fully saturated rings. The van der Waals surface area contributed by atoms with Crippen molar-refractivity contribution in [3.05, 3.63) is 45.6 Å². The van der Waals surface area contributed by atoms with Crippen LogP contribution in [0.25, 0.3) is 0 Å². The molecule has 0 aliphatic rings. The average Bonchev–Trinajstić information content (AvgIpc) is 1.70. The van der Waals surface area contributed by atoms with Gasteiger partial charge in [-0.2, -0.15) is 0 Å². The lowest BCUT2D eigenvalue weighted by Gasteiger charge is -2.25. The van der Waals surface area contributed by atoms with Crippen LogP contribution in [-0.4, -0.2) is 248 Å². The van der Waals surface area contributed by atoms with Crippen LogP contribution in [0.3, 0.4) is 0 Å². The fourth-order valence-corrected chi connectivity index (χ4v) is 16.3. The van der Waals surface area contributed by atoms with Crippen LogP contribution >= 0.6 is 93.2 Å². The van der Waals surface area contributed by atoms with E-state index in [1.807, 2.05) is 0 Å². The molecule has 550 valence electrons. The molecule has 0 saturated carbocycles. The minimum atomic E-state index is -0.709. The smallest absolute Gasteiger partial charge is 0.361 e. The SMILES string of the molecule is CCOC(=O)c1nnsc1Sc1c(C(=O)OCC)nnn1CCCN(CCCCN(CCCn1nnc(C(=O)OCC)c1Sc1snnc1C(=O)OCC)CCCn1nnc(C(=O)OCC)c1Sc1snnc1C(=O)OCC)CCCn1nnc(C(=O)OCC)c1Sc1snnc1C(=O)OCC. The molecule has 8 aromatic heterocycles. The predicted molar refractivity (Wildman–Crippen MR) is 364 cm³/mol. The van der Waals surface area contributed by atoms with Gasteiger partial charge in [-0.25, -0.2) is 57.1 Å². The zero-order valence-electron chi connectivity index (χ0n) is 56.6. The number of rotatable bonds is 45. The van der Waals surface area contributed by atoms with Crippen LogP contribution in [0, 0.1) is 0 Å². The Hall–Kier alpha value is -8.12. The van der Waals surface area contributed by atoms with Crippen LogP contribution in [-0.2, 0) is 64.1 Å². The minimum absolute atomic E-state index is 0.0209. The van der Waals surface area contributed by atoms with Crippen LogP contribution in [0.2, 0.25) is 0 Å². The van der Waals surface area contributed by atoms with E-state index in [-0.39, 0.29) is 125 Å². The van der Waals surface area contributed by atoms with Crippen molar-refractivity contribution in [3.8, 4) is 0 Å². The van der Waals surface area contributed by atoms with E-state index in [0.717, 1.165) is 93.2 Å². The van der Waals surface area contributed by atoms with Crippen molar-refractivity contribution in [1.29, 1.82) is 0 Å². The third kappa shape index (κ3) is 21.7. The minimum Gasteiger partial charge on any atom is -0.461 e. The van der Waals surface area contributed by atoms with E-state index < -0.39 is 47.8 Å². The highest BCUT2D eigenvalue weighted by molar-refractivity contribution is 8.02. The largest absolute Gasteiger partial charge is 0.461 e. The molecule has 0 saturated heterocycles. The van der Waals surface area contributed by atoms with Crippen LogP contribution in [0.1, 0.15) is 178 Å². The number of unbranched alkanes of at least 4 members (excludes halogenated alkanes) is 1. The third-order valence-electron chi connectivity index (χ3n) is 13.7. The highest BCUT2D eigenvalue weighted by Crippen LogP contribution is 2.39. The predicted octanol–water partition coefficient (Wildman–Crippen LogP) is 6.52. The molecule has 0 spiro atoms. The van der Waals surface area contributed by atoms with Gasteiger partial charge in [0.25, 0.3) is 0 Å². The van der Waals surface area contributed by atoms with Crippen LogP contribution in [0.5, 0.6) is 0 Å². The van der Waals surface area contributed by atoms with E-state index in [1.165, 1.54) is 0 Å².